The van der Waals surface area contributed by atoms with Crippen LogP contribution in [0.4, 0.5) is 0 Å². The minimum atomic E-state index is -0.587. The van der Waals surface area contributed by atoms with E-state index in [1.807, 2.05) is 13.8 Å². The molecule has 0 spiro atoms. The highest BCUT2D eigenvalue weighted by molar-refractivity contribution is 5.82. The van der Waals surface area contributed by atoms with Gasteiger partial charge in [-0.25, -0.2) is 4.79 Å². The zero-order valence-electron chi connectivity index (χ0n) is 9.28. The van der Waals surface area contributed by atoms with Gasteiger partial charge in [0.1, 0.15) is 12.7 Å². The molecule has 0 radical (unpaired) electrons. The first-order valence-corrected chi connectivity index (χ1v) is 4.81. The molecule has 1 unspecified atom stereocenters. The molecule has 0 aromatic heterocycles. The maximum Gasteiger partial charge on any atom is 0.332 e. The van der Waals surface area contributed by atoms with Crippen molar-refractivity contribution in [1.29, 1.82) is 0 Å². The second kappa shape index (κ2) is 4.63. The van der Waals surface area contributed by atoms with Crippen LogP contribution in [0.15, 0.2) is 11.8 Å². The summed E-state index contributed by atoms with van der Waals surface area (Å²) in [5.74, 6) is -1.04. The SMILES string of the molecule is C/C(N)=C/C(=O)OCC1COC(C)(C)O1. The van der Waals surface area contributed by atoms with Crippen LogP contribution < -0.4 is 5.73 Å². The number of nitrogens with two attached hydrogens (primary N) is 1. The Bertz CT molecular complexity index is 269. The first-order valence-electron chi connectivity index (χ1n) is 4.81. The Hall–Kier alpha value is -1.07. The lowest BCUT2D eigenvalue weighted by molar-refractivity contribution is -0.154. The lowest BCUT2D eigenvalue weighted by atomic mass is 10.4. The molecular formula is C10H17NO4. The van der Waals surface area contributed by atoms with Gasteiger partial charge in [0.2, 0.25) is 0 Å². The molecule has 0 aromatic carbocycles. The van der Waals surface area contributed by atoms with E-state index in [4.69, 9.17) is 19.9 Å². The van der Waals surface area contributed by atoms with Gasteiger partial charge in [-0.2, -0.15) is 0 Å². The van der Waals surface area contributed by atoms with Gasteiger partial charge in [0.05, 0.1) is 6.61 Å². The predicted molar refractivity (Wildman–Crippen MR) is 53.8 cm³/mol. The Morgan fingerprint density at radius 3 is 2.80 bits per heavy atom. The highest BCUT2D eigenvalue weighted by Crippen LogP contribution is 2.22. The van der Waals surface area contributed by atoms with E-state index in [1.54, 1.807) is 6.92 Å². The Kier molecular flexibility index (Phi) is 3.71. The molecule has 1 fully saturated rings. The second-order valence-corrected chi connectivity index (χ2v) is 3.97. The van der Waals surface area contributed by atoms with E-state index >= 15 is 0 Å². The highest BCUT2D eigenvalue weighted by Gasteiger charge is 2.33. The summed E-state index contributed by atoms with van der Waals surface area (Å²) in [5.41, 5.74) is 5.74. The van der Waals surface area contributed by atoms with Crippen molar-refractivity contribution in [2.24, 2.45) is 5.73 Å². The number of ether oxygens (including phenoxy) is 3. The van der Waals surface area contributed by atoms with E-state index in [0.29, 0.717) is 12.3 Å². The molecule has 0 bridgehead atoms. The van der Waals surface area contributed by atoms with E-state index in [9.17, 15) is 4.79 Å². The van der Waals surface area contributed by atoms with Crippen LogP contribution in [0, 0.1) is 0 Å². The van der Waals surface area contributed by atoms with Crippen LogP contribution in [0.25, 0.3) is 0 Å². The van der Waals surface area contributed by atoms with Crippen molar-refractivity contribution in [3.8, 4) is 0 Å². The summed E-state index contributed by atoms with van der Waals surface area (Å²) in [6, 6.07) is 0. The number of esters is 1. The molecule has 2 N–H and O–H groups in total. The minimum absolute atomic E-state index is 0.187. The molecule has 1 aliphatic rings. The molecule has 1 saturated heterocycles. The largest absolute Gasteiger partial charge is 0.460 e. The summed E-state index contributed by atoms with van der Waals surface area (Å²) in [6.45, 7) is 5.88. The van der Waals surface area contributed by atoms with E-state index in [1.165, 1.54) is 6.08 Å². The molecule has 5 heteroatoms. The van der Waals surface area contributed by atoms with Crippen molar-refractivity contribution in [1.82, 2.24) is 0 Å². The van der Waals surface area contributed by atoms with Gasteiger partial charge >= 0.3 is 5.97 Å². The minimum Gasteiger partial charge on any atom is -0.460 e. The Labute approximate surface area is 89.2 Å². The number of carbonyl (C=O) groups excluding carboxylic acids is 1. The third-order valence-electron chi connectivity index (χ3n) is 1.82. The number of allylic oxidation sites excluding steroid dienone is 1. The van der Waals surface area contributed by atoms with Gasteiger partial charge in [0, 0.05) is 11.8 Å². The number of hydrogen-bond donors (Lipinski definition) is 1. The molecule has 0 amide bonds. The monoisotopic (exact) mass is 215 g/mol. The fourth-order valence-electron chi connectivity index (χ4n) is 1.25. The molecular weight excluding hydrogens is 198 g/mol. The molecule has 1 rings (SSSR count). The van der Waals surface area contributed by atoms with Crippen LogP contribution in [-0.2, 0) is 19.0 Å². The summed E-state index contributed by atoms with van der Waals surface area (Å²) in [6.07, 6.45) is 1.04. The Balaban J connectivity index is 2.27. The maximum absolute atomic E-state index is 11.1. The van der Waals surface area contributed by atoms with Gasteiger partial charge in [-0.15, -0.1) is 0 Å². The van der Waals surface area contributed by atoms with Crippen molar-refractivity contribution >= 4 is 5.97 Å². The molecule has 1 atom stereocenters. The second-order valence-electron chi connectivity index (χ2n) is 3.97. The van der Waals surface area contributed by atoms with Crippen LogP contribution in [0.1, 0.15) is 20.8 Å². The number of carbonyl (C=O) groups is 1. The van der Waals surface area contributed by atoms with Gasteiger partial charge in [-0.1, -0.05) is 0 Å². The number of rotatable bonds is 3. The van der Waals surface area contributed by atoms with Crippen LogP contribution >= 0.6 is 0 Å². The smallest absolute Gasteiger partial charge is 0.332 e. The van der Waals surface area contributed by atoms with Crippen molar-refractivity contribution in [3.63, 3.8) is 0 Å². The maximum atomic E-state index is 11.1. The van der Waals surface area contributed by atoms with E-state index in [0.717, 1.165) is 0 Å². The molecule has 0 aromatic rings. The average Bonchev–Trinajstić information content (AvgIpc) is 2.41. The lowest BCUT2D eigenvalue weighted by Gasteiger charge is -2.16. The highest BCUT2D eigenvalue weighted by atomic mass is 16.7. The Morgan fingerprint density at radius 2 is 2.33 bits per heavy atom. The zero-order chi connectivity index (χ0) is 11.5. The molecule has 86 valence electrons. The summed E-state index contributed by atoms with van der Waals surface area (Å²) in [7, 11) is 0. The molecule has 1 heterocycles. The first-order chi connectivity index (χ1) is 6.89. The van der Waals surface area contributed by atoms with Crippen LogP contribution in [-0.4, -0.2) is 31.1 Å². The standard InChI is InChI=1S/C10H17NO4/c1-7(11)4-9(12)13-5-8-6-14-10(2,3)15-8/h4,8H,5-6,11H2,1-3H3/b7-4-. The van der Waals surface area contributed by atoms with E-state index in [2.05, 4.69) is 0 Å². The molecule has 0 aliphatic carbocycles. The molecule has 5 nitrogen and oxygen atoms in total. The van der Waals surface area contributed by atoms with Crippen molar-refractivity contribution in [3.05, 3.63) is 11.8 Å². The topological polar surface area (TPSA) is 70.8 Å². The van der Waals surface area contributed by atoms with Crippen LogP contribution in [0.3, 0.4) is 0 Å². The van der Waals surface area contributed by atoms with Crippen LogP contribution in [0.2, 0.25) is 0 Å². The number of hydrogen-bond acceptors (Lipinski definition) is 5. The molecule has 15 heavy (non-hydrogen) atoms. The van der Waals surface area contributed by atoms with Gasteiger partial charge in [-0.3, -0.25) is 0 Å². The molecule has 1 aliphatic heterocycles. The van der Waals surface area contributed by atoms with Gasteiger partial charge < -0.3 is 19.9 Å². The van der Waals surface area contributed by atoms with E-state index in [-0.39, 0.29) is 12.7 Å². The fraction of sp³-hybridized carbons (Fsp3) is 0.700. The summed E-state index contributed by atoms with van der Waals surface area (Å²) < 4.78 is 15.7. The average molecular weight is 215 g/mol. The van der Waals surface area contributed by atoms with Crippen molar-refractivity contribution < 1.29 is 19.0 Å². The summed E-state index contributed by atoms with van der Waals surface area (Å²) >= 11 is 0. The van der Waals surface area contributed by atoms with Crippen molar-refractivity contribution in [2.75, 3.05) is 13.2 Å². The lowest BCUT2D eigenvalue weighted by Crippen LogP contribution is -2.25. The normalized spacial score (nSPS) is 25.3. The Morgan fingerprint density at radius 1 is 1.67 bits per heavy atom. The molecule has 0 saturated carbocycles. The van der Waals surface area contributed by atoms with Crippen LogP contribution in [0.5, 0.6) is 0 Å². The van der Waals surface area contributed by atoms with Gasteiger partial charge in [-0.05, 0) is 20.8 Å². The first kappa shape index (κ1) is 12.0. The third-order valence-corrected chi connectivity index (χ3v) is 1.82. The predicted octanol–water partition coefficient (Wildman–Crippen LogP) is 0.544. The third kappa shape index (κ3) is 4.31. The van der Waals surface area contributed by atoms with Crippen molar-refractivity contribution in [2.45, 2.75) is 32.7 Å². The summed E-state index contributed by atoms with van der Waals surface area (Å²) in [4.78, 5) is 11.1. The van der Waals surface area contributed by atoms with Gasteiger partial charge in [0.25, 0.3) is 0 Å². The fourth-order valence-corrected chi connectivity index (χ4v) is 1.25. The zero-order valence-corrected chi connectivity index (χ0v) is 9.28. The quantitative estimate of drug-likeness (QED) is 0.549. The van der Waals surface area contributed by atoms with E-state index < -0.39 is 11.8 Å². The summed E-state index contributed by atoms with van der Waals surface area (Å²) in [5, 5.41) is 0. The van der Waals surface area contributed by atoms with Gasteiger partial charge in [0.15, 0.2) is 5.79 Å².